The number of aliphatic hydroxyl groups excluding tert-OH is 3. The summed E-state index contributed by atoms with van der Waals surface area (Å²) in [6.07, 6.45) is -2.70. The third kappa shape index (κ3) is 3.91. The first kappa shape index (κ1) is 17.9. The highest BCUT2D eigenvalue weighted by Crippen LogP contribution is 2.34. The predicted molar refractivity (Wildman–Crippen MR) is 81.4 cm³/mol. The number of carboxylic acid groups (broad SMARTS) is 2. The summed E-state index contributed by atoms with van der Waals surface area (Å²) in [5.74, 6) is -2.27. The van der Waals surface area contributed by atoms with Crippen molar-refractivity contribution in [3.8, 4) is 5.75 Å². The summed E-state index contributed by atoms with van der Waals surface area (Å²) in [5, 5.41) is 47.1. The van der Waals surface area contributed by atoms with E-state index in [1.54, 1.807) is 0 Å². The Hall–Kier alpha value is -2.42. The number of ether oxygens (including phenoxy) is 1. The summed E-state index contributed by atoms with van der Waals surface area (Å²) in [5.41, 5.74) is -1.29. The second kappa shape index (κ2) is 7.00. The molecule has 1 aromatic carbocycles. The Kier molecular flexibility index (Phi) is 5.23. The molecule has 1 aliphatic rings. The number of aliphatic carboxylic acids is 2. The van der Waals surface area contributed by atoms with Crippen molar-refractivity contribution in [3.63, 3.8) is 0 Å². The fourth-order valence-electron chi connectivity index (χ4n) is 2.60. The fourth-order valence-corrected chi connectivity index (χ4v) is 2.60. The molecule has 8 heteroatoms. The Morgan fingerprint density at radius 1 is 1.04 bits per heavy atom. The molecule has 0 unspecified atom stereocenters. The smallest absolute Gasteiger partial charge is 0.348 e. The summed E-state index contributed by atoms with van der Waals surface area (Å²) in [6.45, 7) is 0. The Bertz CT molecular complexity index is 624. The topological polar surface area (TPSA) is 145 Å². The standard InChI is InChI=1S/C16H18O8/c17-11-7-16(15(22)23,8-12(18)14(11)21)24-10-4-1-9(2-5-10)3-6-13(19)20/h1-6,11-12,14,17-18,21H,7-8H2,(H,19,20)(H,22,23)/t11-,12-,14?,16?/m1/s1. The van der Waals surface area contributed by atoms with Crippen molar-refractivity contribution in [2.75, 3.05) is 0 Å². The quantitative estimate of drug-likeness (QED) is 0.467. The summed E-state index contributed by atoms with van der Waals surface area (Å²) in [6, 6.07) is 5.98. The molecule has 0 bridgehead atoms. The van der Waals surface area contributed by atoms with Crippen LogP contribution in [0.2, 0.25) is 0 Å². The monoisotopic (exact) mass is 338 g/mol. The normalized spacial score (nSPS) is 30.2. The van der Waals surface area contributed by atoms with Gasteiger partial charge in [0.1, 0.15) is 11.9 Å². The van der Waals surface area contributed by atoms with Crippen LogP contribution in [0.3, 0.4) is 0 Å². The van der Waals surface area contributed by atoms with Crippen molar-refractivity contribution in [1.29, 1.82) is 0 Å². The van der Waals surface area contributed by atoms with Gasteiger partial charge < -0.3 is 30.3 Å². The molecule has 130 valence electrons. The van der Waals surface area contributed by atoms with Crippen LogP contribution in [0, 0.1) is 0 Å². The van der Waals surface area contributed by atoms with Gasteiger partial charge in [0.15, 0.2) is 0 Å². The van der Waals surface area contributed by atoms with E-state index in [1.807, 2.05) is 0 Å². The minimum Gasteiger partial charge on any atom is -0.478 e. The number of aliphatic hydroxyl groups is 3. The van der Waals surface area contributed by atoms with Gasteiger partial charge in [-0.25, -0.2) is 9.59 Å². The van der Waals surface area contributed by atoms with Crippen LogP contribution in [0.25, 0.3) is 6.08 Å². The largest absolute Gasteiger partial charge is 0.478 e. The molecule has 5 N–H and O–H groups in total. The molecule has 0 radical (unpaired) electrons. The van der Waals surface area contributed by atoms with Crippen molar-refractivity contribution in [1.82, 2.24) is 0 Å². The first-order chi connectivity index (χ1) is 11.2. The molecule has 2 atom stereocenters. The van der Waals surface area contributed by atoms with Gasteiger partial charge in [-0.3, -0.25) is 0 Å². The van der Waals surface area contributed by atoms with Crippen LogP contribution in [0.1, 0.15) is 18.4 Å². The molecular formula is C16H18O8. The van der Waals surface area contributed by atoms with Gasteiger partial charge in [-0.15, -0.1) is 0 Å². The predicted octanol–water partition coefficient (Wildman–Crippen LogP) is -0.137. The van der Waals surface area contributed by atoms with Crippen LogP contribution >= 0.6 is 0 Å². The Balaban J connectivity index is 2.19. The average Bonchev–Trinajstić information content (AvgIpc) is 2.51. The van der Waals surface area contributed by atoms with E-state index in [0.717, 1.165) is 6.08 Å². The van der Waals surface area contributed by atoms with E-state index in [2.05, 4.69) is 0 Å². The minimum atomic E-state index is -1.86. The molecule has 0 aromatic heterocycles. The molecule has 0 aliphatic heterocycles. The summed E-state index contributed by atoms with van der Waals surface area (Å²) in [7, 11) is 0. The first-order valence-corrected chi connectivity index (χ1v) is 7.21. The van der Waals surface area contributed by atoms with Gasteiger partial charge in [0.25, 0.3) is 0 Å². The average molecular weight is 338 g/mol. The summed E-state index contributed by atoms with van der Waals surface area (Å²) >= 11 is 0. The van der Waals surface area contributed by atoms with E-state index in [9.17, 15) is 30.0 Å². The zero-order chi connectivity index (χ0) is 17.9. The number of benzene rings is 1. The molecule has 1 fully saturated rings. The molecule has 0 spiro atoms. The van der Waals surface area contributed by atoms with Gasteiger partial charge in [0.05, 0.1) is 12.2 Å². The number of carbonyl (C=O) groups is 2. The fraction of sp³-hybridized carbons (Fsp3) is 0.375. The molecule has 8 nitrogen and oxygen atoms in total. The SMILES string of the molecule is O=C(O)C=Cc1ccc(OC2(C(=O)O)C[C@@H](O)C(O)[C@H](O)C2)cc1. The lowest BCUT2D eigenvalue weighted by atomic mass is 9.79. The molecule has 0 amide bonds. The number of carboxylic acids is 2. The van der Waals surface area contributed by atoms with Crippen molar-refractivity contribution >= 4 is 18.0 Å². The van der Waals surface area contributed by atoms with Gasteiger partial charge >= 0.3 is 11.9 Å². The van der Waals surface area contributed by atoms with Gasteiger partial charge in [0.2, 0.25) is 5.60 Å². The minimum absolute atomic E-state index is 0.181. The van der Waals surface area contributed by atoms with E-state index in [1.165, 1.54) is 30.3 Å². The van der Waals surface area contributed by atoms with Crippen LogP contribution in [0.15, 0.2) is 30.3 Å². The van der Waals surface area contributed by atoms with E-state index in [0.29, 0.717) is 5.56 Å². The molecule has 24 heavy (non-hydrogen) atoms. The van der Waals surface area contributed by atoms with Gasteiger partial charge in [0, 0.05) is 18.9 Å². The first-order valence-electron chi connectivity index (χ1n) is 7.21. The maximum Gasteiger partial charge on any atom is 0.348 e. The maximum absolute atomic E-state index is 11.6. The Morgan fingerprint density at radius 3 is 2.04 bits per heavy atom. The maximum atomic E-state index is 11.6. The summed E-state index contributed by atoms with van der Waals surface area (Å²) in [4.78, 5) is 22.1. The lowest BCUT2D eigenvalue weighted by Gasteiger charge is -2.40. The lowest BCUT2D eigenvalue weighted by molar-refractivity contribution is -0.181. The Labute approximate surface area is 137 Å². The molecule has 0 saturated heterocycles. The molecule has 0 heterocycles. The third-order valence-electron chi connectivity index (χ3n) is 3.87. The van der Waals surface area contributed by atoms with Crippen LogP contribution in [-0.4, -0.2) is 61.4 Å². The number of rotatable bonds is 5. The summed E-state index contributed by atoms with van der Waals surface area (Å²) < 4.78 is 5.50. The Morgan fingerprint density at radius 2 is 1.58 bits per heavy atom. The van der Waals surface area contributed by atoms with Crippen LogP contribution in [-0.2, 0) is 9.59 Å². The highest BCUT2D eigenvalue weighted by atomic mass is 16.5. The van der Waals surface area contributed by atoms with Crippen LogP contribution < -0.4 is 4.74 Å². The van der Waals surface area contributed by atoms with E-state index in [-0.39, 0.29) is 18.6 Å². The van der Waals surface area contributed by atoms with E-state index in [4.69, 9.17) is 9.84 Å². The highest BCUT2D eigenvalue weighted by Gasteiger charge is 2.51. The van der Waals surface area contributed by atoms with Crippen LogP contribution in [0.5, 0.6) is 5.75 Å². The molecule has 1 aromatic rings. The van der Waals surface area contributed by atoms with Gasteiger partial charge in [-0.05, 0) is 23.8 Å². The lowest BCUT2D eigenvalue weighted by Crippen LogP contribution is -2.58. The third-order valence-corrected chi connectivity index (χ3v) is 3.87. The molecule has 1 saturated carbocycles. The van der Waals surface area contributed by atoms with Crippen LogP contribution in [0.4, 0.5) is 0 Å². The molecule has 2 rings (SSSR count). The van der Waals surface area contributed by atoms with Gasteiger partial charge in [-0.1, -0.05) is 12.1 Å². The number of hydrogen-bond donors (Lipinski definition) is 5. The molecular weight excluding hydrogens is 320 g/mol. The zero-order valence-corrected chi connectivity index (χ0v) is 12.6. The van der Waals surface area contributed by atoms with E-state index >= 15 is 0 Å². The second-order valence-corrected chi connectivity index (χ2v) is 5.68. The second-order valence-electron chi connectivity index (χ2n) is 5.68. The number of hydrogen-bond acceptors (Lipinski definition) is 6. The van der Waals surface area contributed by atoms with Crippen molar-refractivity contribution < 1.29 is 39.9 Å². The highest BCUT2D eigenvalue weighted by molar-refractivity contribution is 5.85. The van der Waals surface area contributed by atoms with Crippen molar-refractivity contribution in [3.05, 3.63) is 35.9 Å². The zero-order valence-electron chi connectivity index (χ0n) is 12.6. The van der Waals surface area contributed by atoms with E-state index < -0.39 is 35.9 Å². The van der Waals surface area contributed by atoms with Gasteiger partial charge in [-0.2, -0.15) is 0 Å². The van der Waals surface area contributed by atoms with Crippen molar-refractivity contribution in [2.24, 2.45) is 0 Å². The van der Waals surface area contributed by atoms with Crippen molar-refractivity contribution in [2.45, 2.75) is 36.8 Å². The molecule has 1 aliphatic carbocycles.